The molecule has 1 saturated carbocycles. The maximum absolute atomic E-state index is 13.5. The van der Waals surface area contributed by atoms with Crippen LogP contribution >= 0.6 is 0 Å². The predicted octanol–water partition coefficient (Wildman–Crippen LogP) is 2.07. The van der Waals surface area contributed by atoms with E-state index in [1.54, 1.807) is 39.8 Å². The largest absolute Gasteiger partial charge is 0.422 e. The van der Waals surface area contributed by atoms with Crippen LogP contribution in [0.2, 0.25) is 0 Å². The Morgan fingerprint density at radius 3 is 2.26 bits per heavy atom. The topological polar surface area (TPSA) is 158 Å². The van der Waals surface area contributed by atoms with Crippen LogP contribution in [0.15, 0.2) is 33.5 Å². The smallest absolute Gasteiger partial charge is 0.386 e. The lowest BCUT2D eigenvalue weighted by Gasteiger charge is -2.29. The molecule has 0 saturated heterocycles. The van der Waals surface area contributed by atoms with Crippen molar-refractivity contribution < 1.29 is 14.5 Å². The number of carbonyl (C=O) groups is 1. The van der Waals surface area contributed by atoms with Gasteiger partial charge in [0.15, 0.2) is 5.41 Å². The highest BCUT2D eigenvalue weighted by atomic mass is 16.8. The van der Waals surface area contributed by atoms with Gasteiger partial charge in [-0.25, -0.2) is 0 Å². The van der Waals surface area contributed by atoms with Gasteiger partial charge >= 0.3 is 5.91 Å². The Balaban J connectivity index is 2.08. The summed E-state index contributed by atoms with van der Waals surface area (Å²) in [5, 5.41) is 31.5. The van der Waals surface area contributed by atoms with E-state index in [9.17, 15) is 15.3 Å². The molecule has 158 valence electrons. The Kier molecular flexibility index (Phi) is 3.97. The number of anilines is 1. The molecule has 2 aliphatic heterocycles. The Hall–Kier alpha value is -3.92. The average molecular weight is 419 g/mol. The van der Waals surface area contributed by atoms with Crippen LogP contribution < -0.4 is 11.1 Å². The molecule has 1 amide bonds. The molecule has 3 N–H and O–H groups in total. The summed E-state index contributed by atoms with van der Waals surface area (Å²) in [6.07, 6.45) is 0. The number of nitriles is 2. The Bertz CT molecular complexity index is 1180. The Morgan fingerprint density at radius 2 is 1.74 bits per heavy atom. The van der Waals surface area contributed by atoms with Crippen molar-refractivity contribution in [3.8, 4) is 12.1 Å². The van der Waals surface area contributed by atoms with Crippen molar-refractivity contribution >= 4 is 28.9 Å². The first-order chi connectivity index (χ1) is 14.6. The van der Waals surface area contributed by atoms with Crippen LogP contribution in [-0.4, -0.2) is 29.1 Å². The number of aryl methyl sites for hydroxylation is 1. The molecule has 2 heterocycles. The number of nitrogens with two attached hydrogens (primary N) is 1. The molecule has 1 fully saturated rings. The third-order valence-electron chi connectivity index (χ3n) is 5.96. The van der Waals surface area contributed by atoms with Crippen LogP contribution in [0.4, 0.5) is 5.69 Å². The van der Waals surface area contributed by atoms with E-state index >= 15 is 0 Å². The van der Waals surface area contributed by atoms with Gasteiger partial charge in [-0.1, -0.05) is 28.0 Å². The predicted molar refractivity (Wildman–Crippen MR) is 112 cm³/mol. The fourth-order valence-corrected chi connectivity index (χ4v) is 4.87. The summed E-state index contributed by atoms with van der Waals surface area (Å²) >= 11 is 0. The fraction of sp³-hybridized carbons (Fsp3) is 0.429. The van der Waals surface area contributed by atoms with E-state index in [0.717, 1.165) is 5.56 Å². The zero-order chi connectivity index (χ0) is 22.8. The van der Waals surface area contributed by atoms with Gasteiger partial charge in [0.05, 0.1) is 23.6 Å². The molecule has 0 radical (unpaired) electrons. The number of oxime groups is 2. The minimum absolute atomic E-state index is 0.242. The van der Waals surface area contributed by atoms with Gasteiger partial charge in [-0.2, -0.15) is 15.5 Å². The van der Waals surface area contributed by atoms with E-state index in [0.29, 0.717) is 22.7 Å². The van der Waals surface area contributed by atoms with Gasteiger partial charge in [0.1, 0.15) is 11.3 Å². The summed E-state index contributed by atoms with van der Waals surface area (Å²) in [6.45, 7) is 8.53. The number of benzene rings is 1. The minimum atomic E-state index is -2.24. The molecular weight excluding hydrogens is 398 g/mol. The van der Waals surface area contributed by atoms with Crippen LogP contribution in [0.25, 0.3) is 0 Å². The summed E-state index contributed by atoms with van der Waals surface area (Å²) in [5.74, 6) is -3.03. The lowest BCUT2D eigenvalue weighted by Crippen LogP contribution is -2.47. The number of hydrogen-bond acceptors (Lipinski definition) is 9. The van der Waals surface area contributed by atoms with Crippen molar-refractivity contribution in [3.63, 3.8) is 0 Å². The first-order valence-corrected chi connectivity index (χ1v) is 9.60. The molecule has 0 bridgehead atoms. The molecule has 10 heteroatoms. The van der Waals surface area contributed by atoms with Gasteiger partial charge in [-0.15, -0.1) is 0 Å². The van der Waals surface area contributed by atoms with Gasteiger partial charge in [0.2, 0.25) is 11.3 Å². The normalized spacial score (nSPS) is 30.7. The molecule has 1 aromatic rings. The van der Waals surface area contributed by atoms with Crippen LogP contribution in [0, 0.1) is 40.4 Å². The van der Waals surface area contributed by atoms with E-state index in [2.05, 4.69) is 32.8 Å². The third kappa shape index (κ3) is 1.95. The lowest BCUT2D eigenvalue weighted by molar-refractivity contribution is -0.263. The van der Waals surface area contributed by atoms with E-state index in [1.165, 1.54) is 0 Å². The standard InChI is InChI=1S/C21H21N7O3/c1-11(2)27-30-21(31-28-12(3)4)19(10-23)18(9-22,16(24)26-21)20(19)14-8-13(5)6-7-15(14)25-17(20)29/h6-8H,1-5H3,(H2,24,26)(H,25,29)/t18-,19+,20+/m0/s1. The fourth-order valence-electron chi connectivity index (χ4n) is 4.87. The summed E-state index contributed by atoms with van der Waals surface area (Å²) in [4.78, 5) is 29.0. The molecule has 1 aliphatic carbocycles. The van der Waals surface area contributed by atoms with Gasteiger partial charge in [0, 0.05) is 5.69 Å². The molecule has 3 aliphatic rings. The van der Waals surface area contributed by atoms with Crippen LogP contribution in [0.5, 0.6) is 0 Å². The molecule has 4 rings (SSSR count). The highest BCUT2D eigenvalue weighted by molar-refractivity contribution is 6.20. The number of amidine groups is 1. The SMILES string of the molecule is CC(C)=NOC1(ON=C(C)C)N=C(N)[C@]2(C#N)[C@@]3(C(=O)Nc4ccc(C)cc43)[C@]12C#N. The van der Waals surface area contributed by atoms with Crippen molar-refractivity contribution in [1.29, 1.82) is 10.5 Å². The number of hydrogen-bond donors (Lipinski definition) is 2. The number of fused-ring (bicyclic) bond motifs is 5. The zero-order valence-corrected chi connectivity index (χ0v) is 17.8. The third-order valence-corrected chi connectivity index (χ3v) is 5.96. The molecular formula is C21H21N7O3. The van der Waals surface area contributed by atoms with Crippen molar-refractivity contribution in [2.24, 2.45) is 31.9 Å². The van der Waals surface area contributed by atoms with Crippen molar-refractivity contribution in [3.05, 3.63) is 29.3 Å². The Labute approximate surface area is 179 Å². The summed E-state index contributed by atoms with van der Waals surface area (Å²) in [7, 11) is 0. The van der Waals surface area contributed by atoms with Crippen LogP contribution in [0.1, 0.15) is 38.8 Å². The summed E-state index contributed by atoms with van der Waals surface area (Å²) in [6, 6.07) is 9.54. The van der Waals surface area contributed by atoms with Crippen molar-refractivity contribution in [2.45, 2.75) is 45.9 Å². The second-order valence-corrected chi connectivity index (χ2v) is 8.32. The number of nitrogens with zero attached hydrogens (tertiary/aromatic N) is 5. The van der Waals surface area contributed by atoms with Crippen LogP contribution in [-0.2, 0) is 19.9 Å². The van der Waals surface area contributed by atoms with E-state index < -0.39 is 28.1 Å². The summed E-state index contributed by atoms with van der Waals surface area (Å²) < 4.78 is 0. The first-order valence-electron chi connectivity index (χ1n) is 9.60. The first kappa shape index (κ1) is 20.4. The van der Waals surface area contributed by atoms with E-state index in [1.807, 2.05) is 13.0 Å². The second kappa shape index (κ2) is 6.05. The second-order valence-electron chi connectivity index (χ2n) is 8.32. The molecule has 3 atom stereocenters. The maximum Gasteiger partial charge on any atom is 0.422 e. The van der Waals surface area contributed by atoms with E-state index in [-0.39, 0.29) is 5.84 Å². The Morgan fingerprint density at radius 1 is 1.13 bits per heavy atom. The van der Waals surface area contributed by atoms with Crippen molar-refractivity contribution in [2.75, 3.05) is 5.32 Å². The number of carbonyl (C=O) groups excluding carboxylic acids is 1. The van der Waals surface area contributed by atoms with Crippen LogP contribution in [0.3, 0.4) is 0 Å². The zero-order valence-electron chi connectivity index (χ0n) is 17.8. The number of nitrogens with one attached hydrogen (secondary N) is 1. The highest BCUT2D eigenvalue weighted by Gasteiger charge is 3.07. The number of amides is 1. The quantitative estimate of drug-likeness (QED) is 0.432. The molecule has 1 aromatic carbocycles. The van der Waals surface area contributed by atoms with Crippen molar-refractivity contribution in [1.82, 2.24) is 0 Å². The lowest BCUT2D eigenvalue weighted by atomic mass is 9.83. The molecule has 31 heavy (non-hydrogen) atoms. The van der Waals surface area contributed by atoms with Gasteiger partial charge in [-0.05, 0) is 46.2 Å². The average Bonchev–Trinajstić information content (AvgIpc) is 3.08. The molecule has 0 unspecified atom stereocenters. The molecule has 0 aromatic heterocycles. The van der Waals surface area contributed by atoms with Gasteiger partial charge < -0.3 is 20.7 Å². The summed E-state index contributed by atoms with van der Waals surface area (Å²) in [5.41, 5.74) is 3.56. The maximum atomic E-state index is 13.5. The highest BCUT2D eigenvalue weighted by Crippen LogP contribution is 2.87. The molecule has 1 spiro atoms. The van der Waals surface area contributed by atoms with Gasteiger partial charge in [-0.3, -0.25) is 4.79 Å². The number of rotatable bonds is 4. The monoisotopic (exact) mass is 419 g/mol. The number of aliphatic imine (C=N–C) groups is 1. The van der Waals surface area contributed by atoms with Gasteiger partial charge in [0.25, 0.3) is 0 Å². The molecule has 10 nitrogen and oxygen atoms in total. The minimum Gasteiger partial charge on any atom is -0.386 e. The van der Waals surface area contributed by atoms with E-state index in [4.69, 9.17) is 15.4 Å².